The summed E-state index contributed by atoms with van der Waals surface area (Å²) in [5.74, 6) is -0.301. The summed E-state index contributed by atoms with van der Waals surface area (Å²) in [5, 5.41) is 9.49. The molecule has 0 saturated heterocycles. The minimum atomic E-state index is -3.67. The van der Waals surface area contributed by atoms with Crippen molar-refractivity contribution >= 4 is 50.7 Å². The van der Waals surface area contributed by atoms with Crippen LogP contribution in [0.15, 0.2) is 77.8 Å². The maximum Gasteiger partial charge on any atom is 0.240 e. The molecule has 0 aliphatic carbocycles. The number of nitrogens with zero attached hydrogens (tertiary/aromatic N) is 2. The molecule has 4 N–H and O–H groups in total. The highest BCUT2D eigenvalue weighted by molar-refractivity contribution is 7.89. The Kier molecular flexibility index (Phi) is 7.94. The third kappa shape index (κ3) is 6.32. The summed E-state index contributed by atoms with van der Waals surface area (Å²) in [5.41, 5.74) is 1.39. The van der Waals surface area contributed by atoms with Crippen molar-refractivity contribution in [1.29, 1.82) is 0 Å². The number of fused-ring (bicyclic) bond motifs is 4. The lowest BCUT2D eigenvalue weighted by atomic mass is 9.83. The van der Waals surface area contributed by atoms with E-state index in [1.807, 2.05) is 0 Å². The van der Waals surface area contributed by atoms with Crippen LogP contribution >= 0.6 is 11.6 Å². The van der Waals surface area contributed by atoms with Crippen molar-refractivity contribution in [2.24, 2.45) is 0 Å². The number of aromatic nitrogens is 2. The SMILES string of the molecule is CC(C)(C(=O)Nc1ccc(-c2cnc3nc2NCCCNS(=O)(=O)c2cccc(c2)N3)cc1F)c1ccc(Cl)cc1. The molecule has 41 heavy (non-hydrogen) atoms. The Morgan fingerprint density at radius 3 is 2.59 bits per heavy atom. The number of anilines is 4. The van der Waals surface area contributed by atoms with Crippen LogP contribution in [0.3, 0.4) is 0 Å². The molecule has 4 bridgehead atoms. The van der Waals surface area contributed by atoms with Gasteiger partial charge in [0.2, 0.25) is 21.9 Å². The van der Waals surface area contributed by atoms with Crippen LogP contribution in [0.25, 0.3) is 11.1 Å². The summed E-state index contributed by atoms with van der Waals surface area (Å²) in [4.78, 5) is 22.2. The van der Waals surface area contributed by atoms with Gasteiger partial charge < -0.3 is 16.0 Å². The molecule has 0 fully saturated rings. The van der Waals surface area contributed by atoms with Crippen molar-refractivity contribution in [1.82, 2.24) is 14.7 Å². The van der Waals surface area contributed by atoms with Gasteiger partial charge in [-0.1, -0.05) is 35.9 Å². The zero-order chi connectivity index (χ0) is 29.2. The smallest absolute Gasteiger partial charge is 0.240 e. The Hall–Kier alpha value is -4.06. The van der Waals surface area contributed by atoms with Crippen LogP contribution in [-0.2, 0) is 20.2 Å². The van der Waals surface area contributed by atoms with Crippen LogP contribution < -0.4 is 20.7 Å². The van der Waals surface area contributed by atoms with E-state index in [0.29, 0.717) is 40.6 Å². The lowest BCUT2D eigenvalue weighted by Gasteiger charge is -2.24. The average Bonchev–Trinajstić information content (AvgIpc) is 2.94. The lowest BCUT2D eigenvalue weighted by Crippen LogP contribution is -2.35. The molecule has 1 aliphatic rings. The van der Waals surface area contributed by atoms with Crippen LogP contribution in [0.5, 0.6) is 0 Å². The molecular weight excluding hydrogens is 567 g/mol. The zero-order valence-corrected chi connectivity index (χ0v) is 23.9. The van der Waals surface area contributed by atoms with E-state index in [4.69, 9.17) is 11.6 Å². The van der Waals surface area contributed by atoms with Crippen LogP contribution in [0.1, 0.15) is 25.8 Å². The quantitative estimate of drug-likeness (QED) is 0.239. The number of halogens is 2. The van der Waals surface area contributed by atoms with E-state index in [0.717, 1.165) is 5.56 Å². The largest absolute Gasteiger partial charge is 0.369 e. The van der Waals surface area contributed by atoms with Crippen LogP contribution in [0.4, 0.5) is 27.5 Å². The first-order valence-electron chi connectivity index (χ1n) is 12.9. The average molecular weight is 595 g/mol. The van der Waals surface area contributed by atoms with E-state index in [1.54, 1.807) is 62.5 Å². The Morgan fingerprint density at radius 2 is 1.83 bits per heavy atom. The van der Waals surface area contributed by atoms with Gasteiger partial charge >= 0.3 is 0 Å². The summed E-state index contributed by atoms with van der Waals surface area (Å²) in [6, 6.07) is 17.8. The molecule has 0 atom stereocenters. The molecule has 0 unspecified atom stereocenters. The van der Waals surface area contributed by atoms with Gasteiger partial charge in [0.15, 0.2) is 0 Å². The van der Waals surface area contributed by atoms with E-state index in [1.165, 1.54) is 24.3 Å². The standard InChI is InChI=1S/C29H28ClFN6O3S/c1-29(2,19-8-10-20(30)11-9-19)27(38)36-25-12-7-18(15-24(25)31)23-17-33-28-35-21-5-3-6-22(16-21)41(39,40)34-14-4-13-32-26(23)37-28/h3,5-12,15-17,34H,4,13-14H2,1-2H3,(H,36,38)(H2,32,33,35,37). The molecule has 1 aromatic heterocycles. The molecule has 3 aromatic carbocycles. The third-order valence-electron chi connectivity index (χ3n) is 6.79. The minimum Gasteiger partial charge on any atom is -0.369 e. The Labute approximate surface area is 242 Å². The monoisotopic (exact) mass is 594 g/mol. The summed E-state index contributed by atoms with van der Waals surface area (Å²) < 4.78 is 43.1. The number of amides is 1. The summed E-state index contributed by atoms with van der Waals surface area (Å²) in [7, 11) is -3.67. The molecule has 9 nitrogen and oxygen atoms in total. The highest BCUT2D eigenvalue weighted by Crippen LogP contribution is 2.32. The Balaban J connectivity index is 1.41. The molecule has 0 spiro atoms. The summed E-state index contributed by atoms with van der Waals surface area (Å²) in [6.07, 6.45) is 2.04. The minimum absolute atomic E-state index is 0.0417. The van der Waals surface area contributed by atoms with Crippen LogP contribution in [0.2, 0.25) is 5.02 Å². The second-order valence-electron chi connectivity index (χ2n) is 10.1. The molecular formula is C29H28ClFN6O3S. The molecule has 12 heteroatoms. The number of carbonyl (C=O) groups is 1. The first-order valence-corrected chi connectivity index (χ1v) is 14.7. The van der Waals surface area contributed by atoms with Gasteiger partial charge in [0.25, 0.3) is 0 Å². The molecule has 0 radical (unpaired) electrons. The van der Waals surface area contributed by atoms with Crippen LogP contribution in [-0.4, -0.2) is 37.4 Å². The van der Waals surface area contributed by atoms with Crippen LogP contribution in [0, 0.1) is 5.82 Å². The number of sulfonamides is 1. The second-order valence-corrected chi connectivity index (χ2v) is 12.3. The van der Waals surface area contributed by atoms with Gasteiger partial charge in [-0.3, -0.25) is 4.79 Å². The summed E-state index contributed by atoms with van der Waals surface area (Å²) in [6.45, 7) is 4.13. The highest BCUT2D eigenvalue weighted by atomic mass is 35.5. The topological polar surface area (TPSA) is 125 Å². The van der Waals surface area contributed by atoms with Gasteiger partial charge in [0.1, 0.15) is 11.6 Å². The Bertz CT molecular complexity index is 1710. The number of rotatable bonds is 4. The van der Waals surface area contributed by atoms with Crippen molar-refractivity contribution in [3.8, 4) is 11.1 Å². The maximum atomic E-state index is 15.3. The molecule has 2 heterocycles. The van der Waals surface area contributed by atoms with Crippen molar-refractivity contribution in [3.63, 3.8) is 0 Å². The van der Waals surface area contributed by atoms with E-state index in [9.17, 15) is 13.2 Å². The van der Waals surface area contributed by atoms with E-state index >= 15 is 4.39 Å². The second kappa shape index (κ2) is 11.4. The fraction of sp³-hybridized carbons (Fsp3) is 0.207. The van der Waals surface area contributed by atoms with Gasteiger partial charge in [-0.2, -0.15) is 4.98 Å². The molecule has 4 aromatic rings. The molecule has 5 rings (SSSR count). The zero-order valence-electron chi connectivity index (χ0n) is 22.3. The molecule has 212 valence electrons. The predicted molar refractivity (Wildman–Crippen MR) is 159 cm³/mol. The van der Waals surface area contributed by atoms with Crippen molar-refractivity contribution in [2.75, 3.05) is 29.0 Å². The van der Waals surface area contributed by atoms with E-state index < -0.39 is 21.3 Å². The Morgan fingerprint density at radius 1 is 1.05 bits per heavy atom. The lowest BCUT2D eigenvalue weighted by molar-refractivity contribution is -0.120. The predicted octanol–water partition coefficient (Wildman–Crippen LogP) is 5.69. The normalized spacial score (nSPS) is 14.8. The molecule has 1 amide bonds. The van der Waals surface area contributed by atoms with Gasteiger partial charge in [0, 0.05) is 35.6 Å². The number of carbonyl (C=O) groups excluding carboxylic acids is 1. The fourth-order valence-corrected chi connectivity index (χ4v) is 5.55. The fourth-order valence-electron chi connectivity index (χ4n) is 4.30. The third-order valence-corrected chi connectivity index (χ3v) is 8.50. The van der Waals surface area contributed by atoms with Gasteiger partial charge in [-0.05, 0) is 73.9 Å². The number of hydrogen-bond acceptors (Lipinski definition) is 7. The highest BCUT2D eigenvalue weighted by Gasteiger charge is 2.30. The number of hydrogen-bond donors (Lipinski definition) is 4. The number of benzene rings is 3. The van der Waals surface area contributed by atoms with Crippen molar-refractivity contribution < 1.29 is 17.6 Å². The first kappa shape index (κ1) is 28.5. The molecule has 1 aliphatic heterocycles. The van der Waals surface area contributed by atoms with Crippen molar-refractivity contribution in [2.45, 2.75) is 30.6 Å². The molecule has 0 saturated carbocycles. The van der Waals surface area contributed by atoms with E-state index in [2.05, 4.69) is 30.6 Å². The summed E-state index contributed by atoms with van der Waals surface area (Å²) >= 11 is 5.98. The number of nitrogens with one attached hydrogen (secondary N) is 4. The van der Waals surface area contributed by atoms with Crippen molar-refractivity contribution in [3.05, 3.63) is 89.3 Å². The van der Waals surface area contributed by atoms with Gasteiger partial charge in [-0.25, -0.2) is 22.5 Å². The maximum absolute atomic E-state index is 15.3. The van der Waals surface area contributed by atoms with E-state index in [-0.39, 0.29) is 29.0 Å². The first-order chi connectivity index (χ1) is 19.5. The van der Waals surface area contributed by atoms with Gasteiger partial charge in [0.05, 0.1) is 16.0 Å². The van der Waals surface area contributed by atoms with Gasteiger partial charge in [-0.15, -0.1) is 0 Å².